The van der Waals surface area contributed by atoms with Crippen LogP contribution in [0.15, 0.2) is 0 Å². The van der Waals surface area contributed by atoms with E-state index in [1.807, 2.05) is 13.8 Å². The van der Waals surface area contributed by atoms with Crippen molar-refractivity contribution in [1.82, 2.24) is 5.32 Å². The van der Waals surface area contributed by atoms with Gasteiger partial charge >= 0.3 is 0 Å². The molecule has 0 aromatic rings. The third-order valence-corrected chi connectivity index (χ3v) is 1.93. The van der Waals surface area contributed by atoms with Gasteiger partial charge in [0.05, 0.1) is 19.3 Å². The molecule has 0 fully saturated rings. The van der Waals surface area contributed by atoms with Crippen LogP contribution >= 0.6 is 0 Å². The fraction of sp³-hybridized carbons (Fsp3) is 1.00. The first-order valence-corrected chi connectivity index (χ1v) is 5.63. The van der Waals surface area contributed by atoms with E-state index in [1.54, 1.807) is 0 Å². The third-order valence-electron chi connectivity index (χ3n) is 1.93. The van der Waals surface area contributed by atoms with Gasteiger partial charge in [-0.05, 0) is 33.7 Å². The van der Waals surface area contributed by atoms with Crippen LogP contribution in [0.5, 0.6) is 0 Å². The van der Waals surface area contributed by atoms with Gasteiger partial charge in [0.25, 0.3) is 0 Å². The van der Waals surface area contributed by atoms with Crippen molar-refractivity contribution in [2.75, 3.05) is 26.4 Å². The summed E-state index contributed by atoms with van der Waals surface area (Å²) in [7, 11) is 0. The maximum Gasteiger partial charge on any atom is 0.0781 e. The van der Waals surface area contributed by atoms with Gasteiger partial charge in [-0.25, -0.2) is 0 Å². The molecule has 0 aromatic heterocycles. The maximum absolute atomic E-state index is 5.62. The summed E-state index contributed by atoms with van der Waals surface area (Å²) in [5.74, 6) is 0. The van der Waals surface area contributed by atoms with E-state index in [4.69, 9.17) is 9.47 Å². The highest BCUT2D eigenvalue weighted by atomic mass is 16.5. The maximum atomic E-state index is 5.62. The molecule has 0 rings (SSSR count). The van der Waals surface area contributed by atoms with Gasteiger partial charge in [-0.1, -0.05) is 6.92 Å². The molecular formula is C11H25NO2. The standard InChI is InChI=1S/C11H25NO2/c1-5-7-12-10(3)8-14-11(4)9-13-6-2/h10-12H,5-9H2,1-4H3. The minimum atomic E-state index is 0.195. The number of nitrogens with one attached hydrogen (secondary N) is 1. The van der Waals surface area contributed by atoms with Crippen molar-refractivity contribution in [2.45, 2.75) is 46.3 Å². The van der Waals surface area contributed by atoms with Gasteiger partial charge in [0.2, 0.25) is 0 Å². The number of hydrogen-bond donors (Lipinski definition) is 1. The van der Waals surface area contributed by atoms with Gasteiger partial charge in [-0.15, -0.1) is 0 Å². The molecule has 0 aliphatic rings. The van der Waals surface area contributed by atoms with Crippen molar-refractivity contribution in [2.24, 2.45) is 0 Å². The van der Waals surface area contributed by atoms with Crippen molar-refractivity contribution >= 4 is 0 Å². The highest BCUT2D eigenvalue weighted by molar-refractivity contribution is 4.59. The Balaban J connectivity index is 3.31. The molecule has 2 unspecified atom stereocenters. The molecule has 0 spiro atoms. The second kappa shape index (κ2) is 9.44. The lowest BCUT2D eigenvalue weighted by atomic mass is 10.3. The second-order valence-electron chi connectivity index (χ2n) is 3.66. The quantitative estimate of drug-likeness (QED) is 0.620. The van der Waals surface area contributed by atoms with E-state index in [2.05, 4.69) is 19.2 Å². The Kier molecular flexibility index (Phi) is 9.35. The van der Waals surface area contributed by atoms with E-state index in [1.165, 1.54) is 6.42 Å². The highest BCUT2D eigenvalue weighted by Gasteiger charge is 2.05. The average Bonchev–Trinajstić information content (AvgIpc) is 2.20. The number of rotatable bonds is 9. The van der Waals surface area contributed by atoms with Crippen LogP contribution in [0.4, 0.5) is 0 Å². The minimum absolute atomic E-state index is 0.195. The Labute approximate surface area is 88.2 Å². The monoisotopic (exact) mass is 203 g/mol. The molecule has 0 amide bonds. The van der Waals surface area contributed by atoms with Crippen LogP contribution in [-0.4, -0.2) is 38.5 Å². The van der Waals surface area contributed by atoms with Gasteiger partial charge in [-0.2, -0.15) is 0 Å². The van der Waals surface area contributed by atoms with Crippen molar-refractivity contribution in [3.8, 4) is 0 Å². The number of hydrogen-bond acceptors (Lipinski definition) is 3. The predicted octanol–water partition coefficient (Wildman–Crippen LogP) is 1.82. The topological polar surface area (TPSA) is 30.5 Å². The van der Waals surface area contributed by atoms with Crippen LogP contribution in [-0.2, 0) is 9.47 Å². The largest absolute Gasteiger partial charge is 0.379 e. The van der Waals surface area contributed by atoms with Crippen LogP contribution in [0, 0.1) is 0 Å². The van der Waals surface area contributed by atoms with Crippen molar-refractivity contribution in [1.29, 1.82) is 0 Å². The summed E-state index contributed by atoms with van der Waals surface area (Å²) in [5, 5.41) is 3.38. The summed E-state index contributed by atoms with van der Waals surface area (Å²) < 4.78 is 10.9. The van der Waals surface area contributed by atoms with E-state index in [-0.39, 0.29) is 6.10 Å². The van der Waals surface area contributed by atoms with Gasteiger partial charge < -0.3 is 14.8 Å². The van der Waals surface area contributed by atoms with Crippen LogP contribution in [0.3, 0.4) is 0 Å². The van der Waals surface area contributed by atoms with Crippen molar-refractivity contribution in [3.05, 3.63) is 0 Å². The lowest BCUT2D eigenvalue weighted by Crippen LogP contribution is -2.33. The lowest BCUT2D eigenvalue weighted by Gasteiger charge is -2.17. The first kappa shape index (κ1) is 13.9. The minimum Gasteiger partial charge on any atom is -0.379 e. The molecule has 86 valence electrons. The fourth-order valence-corrected chi connectivity index (χ4v) is 1.09. The molecule has 0 saturated carbocycles. The highest BCUT2D eigenvalue weighted by Crippen LogP contribution is 1.94. The van der Waals surface area contributed by atoms with Crippen LogP contribution in [0.2, 0.25) is 0 Å². The predicted molar refractivity (Wildman–Crippen MR) is 59.7 cm³/mol. The molecule has 3 heteroatoms. The van der Waals surface area contributed by atoms with Gasteiger partial charge in [0, 0.05) is 12.6 Å². The Hall–Kier alpha value is -0.120. The van der Waals surface area contributed by atoms with Gasteiger partial charge in [0.15, 0.2) is 0 Å². The zero-order chi connectivity index (χ0) is 10.8. The molecule has 14 heavy (non-hydrogen) atoms. The summed E-state index contributed by atoms with van der Waals surface area (Å²) in [6, 6.07) is 0.430. The van der Waals surface area contributed by atoms with Crippen LogP contribution in [0.1, 0.15) is 34.1 Å². The Morgan fingerprint density at radius 2 is 1.86 bits per heavy atom. The van der Waals surface area contributed by atoms with Crippen molar-refractivity contribution in [3.63, 3.8) is 0 Å². The molecule has 0 radical (unpaired) electrons. The molecule has 1 N–H and O–H groups in total. The Bertz CT molecular complexity index is 106. The smallest absolute Gasteiger partial charge is 0.0781 e. The average molecular weight is 203 g/mol. The Morgan fingerprint density at radius 1 is 1.14 bits per heavy atom. The summed E-state index contributed by atoms with van der Waals surface area (Å²) in [4.78, 5) is 0. The molecule has 0 aromatic carbocycles. The normalized spacial score (nSPS) is 15.4. The fourth-order valence-electron chi connectivity index (χ4n) is 1.09. The third kappa shape index (κ3) is 8.48. The van der Waals surface area contributed by atoms with Gasteiger partial charge in [-0.3, -0.25) is 0 Å². The first-order chi connectivity index (χ1) is 6.70. The molecule has 0 heterocycles. The summed E-state index contributed by atoms with van der Waals surface area (Å²) in [6.45, 7) is 11.6. The number of ether oxygens (including phenoxy) is 2. The zero-order valence-electron chi connectivity index (χ0n) is 10.0. The van der Waals surface area contributed by atoms with E-state index >= 15 is 0 Å². The Morgan fingerprint density at radius 3 is 2.43 bits per heavy atom. The molecule has 0 aliphatic carbocycles. The van der Waals surface area contributed by atoms with Crippen LogP contribution in [0.25, 0.3) is 0 Å². The second-order valence-corrected chi connectivity index (χ2v) is 3.66. The summed E-state index contributed by atoms with van der Waals surface area (Å²) >= 11 is 0. The lowest BCUT2D eigenvalue weighted by molar-refractivity contribution is -0.00971. The molecule has 3 nitrogen and oxygen atoms in total. The van der Waals surface area contributed by atoms with E-state index < -0.39 is 0 Å². The van der Waals surface area contributed by atoms with Crippen molar-refractivity contribution < 1.29 is 9.47 Å². The summed E-state index contributed by atoms with van der Waals surface area (Å²) in [5.41, 5.74) is 0. The molecule has 0 bridgehead atoms. The van der Waals surface area contributed by atoms with E-state index in [0.717, 1.165) is 19.8 Å². The van der Waals surface area contributed by atoms with Crippen LogP contribution < -0.4 is 5.32 Å². The molecular weight excluding hydrogens is 178 g/mol. The zero-order valence-corrected chi connectivity index (χ0v) is 10.0. The summed E-state index contributed by atoms with van der Waals surface area (Å²) in [6.07, 6.45) is 1.36. The molecule has 0 aliphatic heterocycles. The molecule has 2 atom stereocenters. The first-order valence-electron chi connectivity index (χ1n) is 5.63. The molecule has 0 saturated heterocycles. The van der Waals surface area contributed by atoms with Gasteiger partial charge in [0.1, 0.15) is 0 Å². The SMILES string of the molecule is CCCNC(C)COC(C)COCC. The van der Waals surface area contributed by atoms with E-state index in [0.29, 0.717) is 12.6 Å². The van der Waals surface area contributed by atoms with E-state index in [9.17, 15) is 0 Å².